The summed E-state index contributed by atoms with van der Waals surface area (Å²) in [6, 6.07) is 6.32. The number of aryl methyl sites for hydroxylation is 1. The molecule has 0 aliphatic heterocycles. The molecule has 2 N–H and O–H groups in total. The van der Waals surface area contributed by atoms with Gasteiger partial charge < -0.3 is 14.6 Å². The smallest absolute Gasteiger partial charge is 0.354 e. The normalized spacial score (nSPS) is 10.8. The number of nitrogens with zero attached hydrogens (tertiary/aromatic N) is 2. The number of hydrogen-bond donors (Lipinski definition) is 2. The molecule has 3 aromatic rings. The predicted molar refractivity (Wildman–Crippen MR) is 86.0 cm³/mol. The summed E-state index contributed by atoms with van der Waals surface area (Å²) in [5.41, 5.74) is 1.08. The number of aromatic amines is 1. The molecule has 0 unspecified atom stereocenters. The highest BCUT2D eigenvalue weighted by Crippen LogP contribution is 2.35. The summed E-state index contributed by atoms with van der Waals surface area (Å²) < 4.78 is 11.6. The fraction of sp³-hybridized carbons (Fsp3) is 0.188. The molecule has 2 heterocycles. The van der Waals surface area contributed by atoms with Crippen molar-refractivity contribution in [2.75, 3.05) is 14.2 Å². The number of nitrogens with one attached hydrogen (secondary N) is 1. The van der Waals surface area contributed by atoms with Gasteiger partial charge in [0.2, 0.25) is 0 Å². The Morgan fingerprint density at radius 3 is 2.54 bits per heavy atom. The summed E-state index contributed by atoms with van der Waals surface area (Å²) in [5.74, 6) is -0.234. The second kappa shape index (κ2) is 5.73. The van der Waals surface area contributed by atoms with Gasteiger partial charge in [-0.05, 0) is 24.6 Å². The molecule has 0 spiro atoms. The third-order valence-corrected chi connectivity index (χ3v) is 3.63. The number of ether oxygens (including phenoxy) is 2. The second-order valence-corrected chi connectivity index (χ2v) is 5.13. The second-order valence-electron chi connectivity index (χ2n) is 5.13. The molecule has 24 heavy (non-hydrogen) atoms. The van der Waals surface area contributed by atoms with Gasteiger partial charge in [0.1, 0.15) is 0 Å². The number of methoxy groups -OCH3 is 2. The van der Waals surface area contributed by atoms with Gasteiger partial charge in [-0.2, -0.15) is 0 Å². The number of rotatable bonds is 4. The van der Waals surface area contributed by atoms with Crippen LogP contribution in [0.5, 0.6) is 11.5 Å². The highest BCUT2D eigenvalue weighted by molar-refractivity contribution is 5.99. The maximum absolute atomic E-state index is 12.1. The lowest BCUT2D eigenvalue weighted by Crippen LogP contribution is -2.14. The van der Waals surface area contributed by atoms with E-state index < -0.39 is 5.97 Å². The quantitative estimate of drug-likeness (QED) is 0.755. The molecule has 0 aliphatic carbocycles. The van der Waals surface area contributed by atoms with Crippen LogP contribution in [-0.4, -0.2) is 39.9 Å². The third-order valence-electron chi connectivity index (χ3n) is 3.63. The molecule has 0 saturated heterocycles. The Labute approximate surface area is 136 Å². The maximum atomic E-state index is 12.1. The molecule has 124 valence electrons. The third kappa shape index (κ3) is 2.37. The lowest BCUT2D eigenvalue weighted by Gasteiger charge is -2.09. The van der Waals surface area contributed by atoms with Gasteiger partial charge in [-0.15, -0.1) is 0 Å². The molecule has 1 aromatic carbocycles. The zero-order chi connectivity index (χ0) is 17.4. The van der Waals surface area contributed by atoms with E-state index in [9.17, 15) is 14.7 Å². The van der Waals surface area contributed by atoms with Gasteiger partial charge in [0.15, 0.2) is 22.8 Å². The molecular weight excluding hydrogens is 314 g/mol. The highest BCUT2D eigenvalue weighted by atomic mass is 16.5. The summed E-state index contributed by atoms with van der Waals surface area (Å²) in [5, 5.41) is 12.1. The Hall–Kier alpha value is -3.29. The Morgan fingerprint density at radius 1 is 1.21 bits per heavy atom. The van der Waals surface area contributed by atoms with E-state index in [1.54, 1.807) is 25.1 Å². The summed E-state index contributed by atoms with van der Waals surface area (Å²) in [4.78, 5) is 28.0. The average Bonchev–Trinajstić information content (AvgIpc) is 2.94. The number of carboxylic acid groups (broad SMARTS) is 1. The first-order valence-electron chi connectivity index (χ1n) is 7.04. The SMILES string of the molecule is COc1ccc(-c2c(C(=O)O)[nH]n3c(=O)cc(C)nc23)cc1OC. The molecule has 0 fully saturated rings. The summed E-state index contributed by atoms with van der Waals surface area (Å²) in [6.07, 6.45) is 0. The van der Waals surface area contributed by atoms with E-state index in [1.807, 2.05) is 0 Å². The average molecular weight is 329 g/mol. The van der Waals surface area contributed by atoms with Crippen molar-refractivity contribution in [1.29, 1.82) is 0 Å². The highest BCUT2D eigenvalue weighted by Gasteiger charge is 2.22. The van der Waals surface area contributed by atoms with Gasteiger partial charge in [0, 0.05) is 11.8 Å². The molecule has 8 nitrogen and oxygen atoms in total. The minimum Gasteiger partial charge on any atom is -0.493 e. The molecular formula is C16H15N3O5. The van der Waals surface area contributed by atoms with Crippen molar-refractivity contribution in [3.63, 3.8) is 0 Å². The van der Waals surface area contributed by atoms with E-state index in [1.165, 1.54) is 20.3 Å². The van der Waals surface area contributed by atoms with E-state index in [0.29, 0.717) is 28.3 Å². The lowest BCUT2D eigenvalue weighted by atomic mass is 10.0. The summed E-state index contributed by atoms with van der Waals surface area (Å²) in [6.45, 7) is 1.67. The number of hydrogen-bond acceptors (Lipinski definition) is 5. The fourth-order valence-corrected chi connectivity index (χ4v) is 2.57. The zero-order valence-electron chi connectivity index (χ0n) is 13.3. The molecule has 8 heteroatoms. The topological polar surface area (TPSA) is 106 Å². The van der Waals surface area contributed by atoms with Crippen LogP contribution in [-0.2, 0) is 0 Å². The van der Waals surface area contributed by atoms with Gasteiger partial charge in [-0.25, -0.2) is 14.3 Å². The van der Waals surface area contributed by atoms with Crippen molar-refractivity contribution >= 4 is 11.6 Å². The summed E-state index contributed by atoms with van der Waals surface area (Å²) >= 11 is 0. The van der Waals surface area contributed by atoms with Crippen molar-refractivity contribution in [3.05, 3.63) is 46.0 Å². The van der Waals surface area contributed by atoms with Gasteiger partial charge in [-0.1, -0.05) is 6.07 Å². The molecule has 0 amide bonds. The number of aromatic nitrogens is 3. The number of aromatic carboxylic acids is 1. The number of carbonyl (C=O) groups is 1. The van der Waals surface area contributed by atoms with Crippen LogP contribution in [0.15, 0.2) is 29.1 Å². The molecule has 0 radical (unpaired) electrons. The van der Waals surface area contributed by atoms with Crippen molar-refractivity contribution < 1.29 is 19.4 Å². The van der Waals surface area contributed by atoms with E-state index in [2.05, 4.69) is 10.1 Å². The minimum atomic E-state index is -1.19. The van der Waals surface area contributed by atoms with Crippen LogP contribution < -0.4 is 15.0 Å². The van der Waals surface area contributed by atoms with Crippen LogP contribution in [0.2, 0.25) is 0 Å². The molecule has 0 bridgehead atoms. The Morgan fingerprint density at radius 2 is 1.92 bits per heavy atom. The first-order valence-corrected chi connectivity index (χ1v) is 7.04. The van der Waals surface area contributed by atoms with Gasteiger partial charge >= 0.3 is 5.97 Å². The van der Waals surface area contributed by atoms with E-state index in [0.717, 1.165) is 4.52 Å². The maximum Gasteiger partial charge on any atom is 0.354 e. The van der Waals surface area contributed by atoms with Gasteiger partial charge in [0.25, 0.3) is 5.56 Å². The van der Waals surface area contributed by atoms with E-state index in [4.69, 9.17) is 9.47 Å². The van der Waals surface area contributed by atoms with Crippen LogP contribution in [0.3, 0.4) is 0 Å². The molecule has 0 atom stereocenters. The van der Waals surface area contributed by atoms with Crippen molar-refractivity contribution in [3.8, 4) is 22.6 Å². The monoisotopic (exact) mass is 329 g/mol. The standard InChI is InChI=1S/C16H15N3O5/c1-8-6-12(20)19-15(17-8)13(14(18-19)16(21)22)9-4-5-10(23-2)11(7-9)24-3/h4-7,18H,1-3H3,(H,21,22). The number of benzene rings is 1. The van der Waals surface area contributed by atoms with E-state index >= 15 is 0 Å². The molecule has 0 aliphatic rings. The number of carboxylic acids is 1. The lowest BCUT2D eigenvalue weighted by molar-refractivity contribution is 0.0691. The van der Waals surface area contributed by atoms with Crippen molar-refractivity contribution in [2.24, 2.45) is 0 Å². The Bertz CT molecular complexity index is 1000. The van der Waals surface area contributed by atoms with Crippen molar-refractivity contribution in [1.82, 2.24) is 14.6 Å². The number of H-pyrrole nitrogens is 1. The van der Waals surface area contributed by atoms with Crippen LogP contribution in [0.4, 0.5) is 0 Å². The van der Waals surface area contributed by atoms with Crippen LogP contribution in [0.1, 0.15) is 16.2 Å². The molecule has 2 aromatic heterocycles. The van der Waals surface area contributed by atoms with Gasteiger partial charge in [-0.3, -0.25) is 9.89 Å². The Kier molecular flexibility index (Phi) is 3.72. The van der Waals surface area contributed by atoms with Crippen LogP contribution in [0.25, 0.3) is 16.8 Å². The largest absolute Gasteiger partial charge is 0.493 e. The fourth-order valence-electron chi connectivity index (χ4n) is 2.57. The first-order chi connectivity index (χ1) is 11.5. The van der Waals surface area contributed by atoms with Crippen LogP contribution >= 0.6 is 0 Å². The Balaban J connectivity index is 2.38. The molecule has 3 rings (SSSR count). The van der Waals surface area contributed by atoms with Crippen molar-refractivity contribution in [2.45, 2.75) is 6.92 Å². The first kappa shape index (κ1) is 15.6. The summed E-state index contributed by atoms with van der Waals surface area (Å²) in [7, 11) is 3.00. The van der Waals surface area contributed by atoms with Gasteiger partial charge in [0.05, 0.1) is 19.8 Å². The van der Waals surface area contributed by atoms with Crippen LogP contribution in [0, 0.1) is 6.92 Å². The minimum absolute atomic E-state index is 0.127. The predicted octanol–water partition coefficient (Wildman–Crippen LogP) is 1.71. The van der Waals surface area contributed by atoms with E-state index in [-0.39, 0.29) is 16.9 Å². The number of fused-ring (bicyclic) bond motifs is 1. The molecule has 0 saturated carbocycles. The zero-order valence-corrected chi connectivity index (χ0v) is 13.3.